The Kier molecular flexibility index (Phi) is 6.03. The van der Waals surface area contributed by atoms with Crippen molar-refractivity contribution in [3.8, 4) is 0 Å². The van der Waals surface area contributed by atoms with Crippen molar-refractivity contribution in [1.82, 2.24) is 10.2 Å². The molecule has 1 N–H and O–H groups in total. The van der Waals surface area contributed by atoms with Crippen LogP contribution in [0.25, 0.3) is 0 Å². The van der Waals surface area contributed by atoms with E-state index in [4.69, 9.17) is 0 Å². The molecule has 4 amide bonds. The Hall–Kier alpha value is -2.54. The fraction of sp³-hybridized carbons (Fsp3) is 0.444. The molecule has 7 nitrogen and oxygen atoms in total. The van der Waals surface area contributed by atoms with E-state index in [0.717, 1.165) is 10.5 Å². The second-order valence-electron chi connectivity index (χ2n) is 6.22. The van der Waals surface area contributed by atoms with E-state index in [1.807, 2.05) is 45.0 Å². The molecule has 1 fully saturated rings. The third kappa shape index (κ3) is 4.11. The van der Waals surface area contributed by atoms with Crippen LogP contribution in [0.5, 0.6) is 0 Å². The van der Waals surface area contributed by atoms with Crippen LogP contribution in [0.1, 0.15) is 18.9 Å². The number of amides is 4. The van der Waals surface area contributed by atoms with Gasteiger partial charge in [-0.15, -0.1) is 0 Å². The first-order chi connectivity index (χ1) is 11.9. The van der Waals surface area contributed by atoms with Crippen molar-refractivity contribution in [2.75, 3.05) is 32.1 Å². The van der Waals surface area contributed by atoms with Gasteiger partial charge in [-0.05, 0) is 39.1 Å². The van der Waals surface area contributed by atoms with Gasteiger partial charge in [-0.2, -0.15) is 0 Å². The average molecular weight is 344 g/mol. The summed E-state index contributed by atoms with van der Waals surface area (Å²) < 4.78 is 0. The van der Waals surface area contributed by atoms with Gasteiger partial charge < -0.3 is 4.90 Å². The number of hydrogen-bond donors (Lipinski definition) is 1. The Morgan fingerprint density at radius 2 is 1.92 bits per heavy atom. The van der Waals surface area contributed by atoms with Crippen molar-refractivity contribution in [2.45, 2.75) is 20.3 Å². The van der Waals surface area contributed by atoms with Crippen LogP contribution in [0.3, 0.4) is 0 Å². The Bertz CT molecular complexity index is 712. The Balaban J connectivity index is 2.35. The first-order valence-corrected chi connectivity index (χ1v) is 8.29. The summed E-state index contributed by atoms with van der Waals surface area (Å²) >= 11 is 0. The van der Waals surface area contributed by atoms with Crippen molar-refractivity contribution in [3.05, 3.63) is 29.8 Å². The van der Waals surface area contributed by atoms with E-state index in [1.54, 1.807) is 12.1 Å². The smallest absolute Gasteiger partial charge is 0.308 e. The summed E-state index contributed by atoms with van der Waals surface area (Å²) in [5, 5.41) is 2.29. The molecular weight excluding hydrogens is 320 g/mol. The summed E-state index contributed by atoms with van der Waals surface area (Å²) in [7, 11) is 3.86. The van der Waals surface area contributed by atoms with Crippen molar-refractivity contribution in [1.29, 1.82) is 0 Å². The predicted molar refractivity (Wildman–Crippen MR) is 96.8 cm³/mol. The highest BCUT2D eigenvalue weighted by molar-refractivity contribution is 6.35. The number of barbiturate groups is 1. The molecule has 1 unspecified atom stereocenters. The number of hydrogen-bond acceptors (Lipinski definition) is 5. The number of para-hydroxylation sites is 1. The number of nitrogens with one attached hydrogen (secondary N) is 1. The molecule has 0 saturated carbocycles. The highest BCUT2D eigenvalue weighted by Crippen LogP contribution is 2.25. The maximum Gasteiger partial charge on any atom is 0.335 e. The zero-order chi connectivity index (χ0) is 18.6. The minimum atomic E-state index is -1.07. The topological polar surface area (TPSA) is 82.1 Å². The van der Waals surface area contributed by atoms with Crippen molar-refractivity contribution < 1.29 is 14.4 Å². The van der Waals surface area contributed by atoms with Gasteiger partial charge in [0.15, 0.2) is 5.92 Å². The number of carbonyl (C=O) groups excluding carboxylic acids is 3. The summed E-state index contributed by atoms with van der Waals surface area (Å²) in [5.41, 5.74) is 1.75. The first-order valence-electron chi connectivity index (χ1n) is 8.29. The highest BCUT2D eigenvalue weighted by Gasteiger charge is 2.43. The van der Waals surface area contributed by atoms with Crippen LogP contribution < -0.4 is 10.2 Å². The zero-order valence-corrected chi connectivity index (χ0v) is 15.1. The highest BCUT2D eigenvalue weighted by atomic mass is 16.2. The van der Waals surface area contributed by atoms with E-state index in [1.165, 1.54) is 0 Å². The van der Waals surface area contributed by atoms with Crippen LogP contribution in [0.4, 0.5) is 10.5 Å². The number of likely N-dealkylation sites (N-methyl/N-ethyl adjacent to an activating group) is 1. The molecule has 7 heteroatoms. The van der Waals surface area contributed by atoms with Gasteiger partial charge >= 0.3 is 6.03 Å². The van der Waals surface area contributed by atoms with Crippen LogP contribution in [-0.2, 0) is 9.59 Å². The fourth-order valence-electron chi connectivity index (χ4n) is 2.71. The minimum Gasteiger partial charge on any atom is -0.308 e. The normalized spacial score (nSPS) is 18.8. The van der Waals surface area contributed by atoms with Crippen LogP contribution in [0, 0.1) is 12.8 Å². The van der Waals surface area contributed by atoms with Crippen molar-refractivity contribution >= 4 is 29.2 Å². The van der Waals surface area contributed by atoms with Gasteiger partial charge in [0.2, 0.25) is 5.91 Å². The lowest BCUT2D eigenvalue weighted by atomic mass is 9.95. The molecule has 134 valence electrons. The van der Waals surface area contributed by atoms with Gasteiger partial charge in [0.05, 0.1) is 12.2 Å². The molecule has 0 bridgehead atoms. The van der Waals surface area contributed by atoms with E-state index < -0.39 is 23.8 Å². The quantitative estimate of drug-likeness (QED) is 0.628. The van der Waals surface area contributed by atoms with E-state index in [2.05, 4.69) is 10.3 Å². The Morgan fingerprint density at radius 1 is 1.24 bits per heavy atom. The predicted octanol–water partition coefficient (Wildman–Crippen LogP) is 1.61. The van der Waals surface area contributed by atoms with Crippen LogP contribution in [0.2, 0.25) is 0 Å². The third-order valence-electron chi connectivity index (χ3n) is 4.08. The van der Waals surface area contributed by atoms with Crippen molar-refractivity contribution in [2.24, 2.45) is 10.9 Å². The molecule has 25 heavy (non-hydrogen) atoms. The monoisotopic (exact) mass is 344 g/mol. The molecule has 1 aromatic carbocycles. The lowest BCUT2D eigenvalue weighted by Crippen LogP contribution is -2.60. The minimum absolute atomic E-state index is 0.465. The number of anilines is 1. The van der Waals surface area contributed by atoms with Gasteiger partial charge in [-0.1, -0.05) is 25.1 Å². The summed E-state index contributed by atoms with van der Waals surface area (Å²) in [4.78, 5) is 45.0. The van der Waals surface area contributed by atoms with Gasteiger partial charge in [0.25, 0.3) is 5.91 Å². The lowest BCUT2D eigenvalue weighted by Gasteiger charge is -2.31. The largest absolute Gasteiger partial charge is 0.335 e. The number of nitrogens with zero attached hydrogens (tertiary/aromatic N) is 3. The molecule has 1 aliphatic heterocycles. The van der Waals surface area contributed by atoms with Crippen LogP contribution in [0.15, 0.2) is 29.3 Å². The maximum atomic E-state index is 12.9. The van der Waals surface area contributed by atoms with Gasteiger partial charge in [-0.25, -0.2) is 9.69 Å². The molecule has 1 aliphatic rings. The standard InChI is InChI=1S/C18H24N4O3/c1-5-13(19-10-11-21(3)4)15-16(23)20-18(25)22(17(15)24)14-9-7-6-8-12(14)2/h6-9,15H,5,10-11H2,1-4H3,(H,20,23,25). The number of urea groups is 1. The molecule has 1 saturated heterocycles. The van der Waals surface area contributed by atoms with Gasteiger partial charge in [0, 0.05) is 12.3 Å². The molecule has 0 aromatic heterocycles. The Morgan fingerprint density at radius 3 is 2.52 bits per heavy atom. The molecule has 0 radical (unpaired) electrons. The van der Waals surface area contributed by atoms with E-state index in [-0.39, 0.29) is 0 Å². The van der Waals surface area contributed by atoms with Crippen LogP contribution in [-0.4, -0.2) is 55.6 Å². The van der Waals surface area contributed by atoms with E-state index in [9.17, 15) is 14.4 Å². The molecule has 0 spiro atoms. The average Bonchev–Trinajstić information content (AvgIpc) is 2.54. The van der Waals surface area contributed by atoms with E-state index in [0.29, 0.717) is 30.9 Å². The summed E-state index contributed by atoms with van der Waals surface area (Å²) in [5.74, 6) is -2.22. The molecule has 0 aliphatic carbocycles. The Labute approximate surface area is 147 Å². The second kappa shape index (κ2) is 8.02. The molecule has 1 aromatic rings. The van der Waals surface area contributed by atoms with Gasteiger partial charge in [-0.3, -0.25) is 19.9 Å². The number of aryl methyl sites for hydroxylation is 1. The lowest BCUT2D eigenvalue weighted by molar-refractivity contribution is -0.131. The number of carbonyl (C=O) groups is 3. The van der Waals surface area contributed by atoms with Crippen molar-refractivity contribution in [3.63, 3.8) is 0 Å². The molecule has 2 rings (SSSR count). The second-order valence-corrected chi connectivity index (χ2v) is 6.22. The van der Waals surface area contributed by atoms with Gasteiger partial charge in [0.1, 0.15) is 0 Å². The zero-order valence-electron chi connectivity index (χ0n) is 15.1. The third-order valence-corrected chi connectivity index (χ3v) is 4.08. The maximum absolute atomic E-state index is 12.9. The fourth-order valence-corrected chi connectivity index (χ4v) is 2.71. The summed E-state index contributed by atoms with van der Waals surface area (Å²) in [6, 6.07) is 6.36. The first kappa shape index (κ1) is 18.8. The van der Waals surface area contributed by atoms with E-state index >= 15 is 0 Å². The molecule has 1 heterocycles. The van der Waals surface area contributed by atoms with Crippen LogP contribution >= 0.6 is 0 Å². The summed E-state index contributed by atoms with van der Waals surface area (Å²) in [6.07, 6.45) is 0.465. The molecular formula is C18H24N4O3. The summed E-state index contributed by atoms with van der Waals surface area (Å²) in [6.45, 7) is 4.87. The number of rotatable bonds is 6. The molecule has 1 atom stereocenters. The SMILES string of the molecule is CCC(=NCCN(C)C)C1C(=O)NC(=O)N(c2ccccc2C)C1=O. The number of aliphatic imine (C=N–C) groups is 1. The number of imide groups is 2. The number of benzene rings is 1.